The van der Waals surface area contributed by atoms with Crippen LogP contribution in [0.3, 0.4) is 0 Å². The zero-order valence-electron chi connectivity index (χ0n) is 21.5. The van der Waals surface area contributed by atoms with Gasteiger partial charge in [-0.05, 0) is 84.0 Å². The molecule has 0 fully saturated rings. The van der Waals surface area contributed by atoms with Crippen LogP contribution in [0.15, 0.2) is 72.8 Å². The minimum absolute atomic E-state index is 0.375. The van der Waals surface area contributed by atoms with Gasteiger partial charge in [-0.15, -0.1) is 0 Å². The monoisotopic (exact) mass is 475 g/mol. The van der Waals surface area contributed by atoms with Crippen molar-refractivity contribution < 1.29 is 13.3 Å². The van der Waals surface area contributed by atoms with Crippen LogP contribution in [0.1, 0.15) is 95.2 Å². The fourth-order valence-electron chi connectivity index (χ4n) is 4.16. The molecular weight excluding hydrogens is 436 g/mol. The van der Waals surface area contributed by atoms with Crippen molar-refractivity contribution >= 4 is 9.53 Å². The third-order valence-electron chi connectivity index (χ3n) is 6.72. The number of benzene rings is 3. The van der Waals surface area contributed by atoms with E-state index in [1.165, 1.54) is 16.7 Å². The molecule has 0 amide bonds. The van der Waals surface area contributed by atoms with Crippen molar-refractivity contribution in [1.29, 1.82) is 0 Å². The predicted octanol–water partition coefficient (Wildman–Crippen LogP) is 8.75. The van der Waals surface area contributed by atoms with Gasteiger partial charge in [0.05, 0.1) is 0 Å². The van der Waals surface area contributed by atoms with Gasteiger partial charge in [0.25, 0.3) is 0 Å². The minimum Gasteiger partial charge on any atom is -0.479 e. The molecule has 0 aliphatic rings. The predicted molar refractivity (Wildman–Crippen MR) is 143 cm³/mol. The van der Waals surface area contributed by atoms with E-state index in [0.717, 1.165) is 36.5 Å². The van der Waals surface area contributed by atoms with Crippen LogP contribution in [0.4, 0.5) is 0 Å². The molecule has 3 rings (SSSR count). The molecule has 0 aliphatic carbocycles. The van der Waals surface area contributed by atoms with E-state index in [0.29, 0.717) is 17.8 Å². The van der Waals surface area contributed by atoms with Crippen LogP contribution in [0.2, 0.25) is 0 Å². The van der Waals surface area contributed by atoms with Crippen molar-refractivity contribution in [2.75, 3.05) is 0 Å². The third-order valence-corrected chi connectivity index (χ3v) is 7.91. The van der Waals surface area contributed by atoms with Gasteiger partial charge in [-0.1, -0.05) is 84.0 Å². The number of rotatable bonds is 12. The Labute approximate surface area is 208 Å². The quantitative estimate of drug-likeness (QED) is 0.245. The standard InChI is InChI=1S/C30H39O3Si/c1-7-22(4)27-20-21-28(30(24(6)9-3)29(27)23(5)8-2)33-34(31-25-16-12-10-13-17-25)32-26-18-14-11-15-19-26/h10-24H,7-9H2,1-6H3. The third kappa shape index (κ3) is 6.44. The van der Waals surface area contributed by atoms with E-state index < -0.39 is 9.53 Å². The SMILES string of the molecule is CCC(C)c1ccc(O[Si](Oc2ccccc2)Oc2ccccc2)c(C(C)CC)c1C(C)CC. The van der Waals surface area contributed by atoms with Crippen molar-refractivity contribution in [2.45, 2.75) is 78.6 Å². The normalized spacial score (nSPS) is 13.9. The largest absolute Gasteiger partial charge is 0.818 e. The van der Waals surface area contributed by atoms with Crippen LogP contribution in [-0.4, -0.2) is 9.53 Å². The van der Waals surface area contributed by atoms with Gasteiger partial charge in [-0.25, -0.2) is 0 Å². The van der Waals surface area contributed by atoms with Crippen molar-refractivity contribution in [2.24, 2.45) is 0 Å². The van der Waals surface area contributed by atoms with Crippen LogP contribution in [0.25, 0.3) is 0 Å². The molecule has 0 saturated carbocycles. The van der Waals surface area contributed by atoms with Crippen LogP contribution >= 0.6 is 0 Å². The summed E-state index contributed by atoms with van der Waals surface area (Å²) in [5, 5.41) is 0. The molecule has 3 aromatic rings. The smallest absolute Gasteiger partial charge is 0.479 e. The summed E-state index contributed by atoms with van der Waals surface area (Å²) in [4.78, 5) is 0. The molecule has 3 nitrogen and oxygen atoms in total. The van der Waals surface area contributed by atoms with E-state index in [9.17, 15) is 0 Å². The summed E-state index contributed by atoms with van der Waals surface area (Å²) in [5.74, 6) is 3.72. The Morgan fingerprint density at radius 1 is 0.559 bits per heavy atom. The van der Waals surface area contributed by atoms with Gasteiger partial charge in [0.2, 0.25) is 0 Å². The second kappa shape index (κ2) is 12.7. The Morgan fingerprint density at radius 3 is 1.50 bits per heavy atom. The highest BCUT2D eigenvalue weighted by molar-refractivity contribution is 6.39. The van der Waals surface area contributed by atoms with Crippen molar-refractivity contribution in [3.63, 3.8) is 0 Å². The van der Waals surface area contributed by atoms with E-state index >= 15 is 0 Å². The van der Waals surface area contributed by atoms with Gasteiger partial charge in [0, 0.05) is 0 Å². The molecule has 4 heteroatoms. The Morgan fingerprint density at radius 2 is 1.03 bits per heavy atom. The summed E-state index contributed by atoms with van der Waals surface area (Å²) >= 11 is 0. The number of hydrogen-bond donors (Lipinski definition) is 0. The van der Waals surface area contributed by atoms with Gasteiger partial charge in [-0.3, -0.25) is 0 Å². The number of para-hydroxylation sites is 2. The van der Waals surface area contributed by atoms with Gasteiger partial charge in [-0.2, -0.15) is 0 Å². The van der Waals surface area contributed by atoms with E-state index in [-0.39, 0.29) is 0 Å². The molecule has 0 heterocycles. The Hall–Kier alpha value is -2.72. The van der Waals surface area contributed by atoms with E-state index in [2.05, 4.69) is 53.7 Å². The van der Waals surface area contributed by atoms with Crippen LogP contribution in [0, 0.1) is 0 Å². The molecule has 0 aromatic heterocycles. The van der Waals surface area contributed by atoms with Crippen LogP contribution < -0.4 is 13.3 Å². The lowest BCUT2D eigenvalue weighted by molar-refractivity contribution is 0.305. The zero-order chi connectivity index (χ0) is 24.5. The second-order valence-electron chi connectivity index (χ2n) is 9.09. The Bertz CT molecular complexity index is 965. The molecule has 3 aromatic carbocycles. The van der Waals surface area contributed by atoms with Gasteiger partial charge < -0.3 is 13.3 Å². The lowest BCUT2D eigenvalue weighted by Gasteiger charge is -2.28. The molecule has 0 aliphatic heterocycles. The molecule has 181 valence electrons. The molecule has 1 radical (unpaired) electrons. The second-order valence-corrected chi connectivity index (χ2v) is 10.2. The first kappa shape index (κ1) is 25.9. The summed E-state index contributed by atoms with van der Waals surface area (Å²) in [6.45, 7) is 13.7. The van der Waals surface area contributed by atoms with Gasteiger partial charge in [0.15, 0.2) is 0 Å². The van der Waals surface area contributed by atoms with E-state index in [4.69, 9.17) is 13.3 Å². The molecule has 0 spiro atoms. The zero-order valence-corrected chi connectivity index (χ0v) is 22.5. The maximum Gasteiger partial charge on any atom is 0.818 e. The maximum absolute atomic E-state index is 6.64. The van der Waals surface area contributed by atoms with Gasteiger partial charge >= 0.3 is 9.53 Å². The highest BCUT2D eigenvalue weighted by Gasteiger charge is 2.32. The summed E-state index contributed by atoms with van der Waals surface area (Å²) in [7, 11) is -2.15. The first-order chi connectivity index (χ1) is 16.5. The summed E-state index contributed by atoms with van der Waals surface area (Å²) < 4.78 is 19.2. The average molecular weight is 476 g/mol. The highest BCUT2D eigenvalue weighted by atomic mass is 28.3. The van der Waals surface area contributed by atoms with Crippen molar-refractivity contribution in [3.05, 3.63) is 89.5 Å². The molecular formula is C30H39O3Si. The lowest BCUT2D eigenvalue weighted by Crippen LogP contribution is -2.37. The highest BCUT2D eigenvalue weighted by Crippen LogP contribution is 2.42. The molecule has 0 saturated heterocycles. The van der Waals surface area contributed by atoms with Crippen molar-refractivity contribution in [3.8, 4) is 17.2 Å². The first-order valence-electron chi connectivity index (χ1n) is 12.7. The Balaban J connectivity index is 2.06. The lowest BCUT2D eigenvalue weighted by atomic mass is 9.79. The molecule has 3 unspecified atom stereocenters. The summed E-state index contributed by atoms with van der Waals surface area (Å²) in [6.07, 6.45) is 3.26. The summed E-state index contributed by atoms with van der Waals surface area (Å²) in [5.41, 5.74) is 4.20. The first-order valence-corrected chi connectivity index (χ1v) is 13.9. The van der Waals surface area contributed by atoms with Crippen molar-refractivity contribution in [1.82, 2.24) is 0 Å². The Kier molecular flexibility index (Phi) is 9.64. The minimum atomic E-state index is -2.15. The molecule has 0 bridgehead atoms. The van der Waals surface area contributed by atoms with Crippen LogP contribution in [0.5, 0.6) is 17.2 Å². The van der Waals surface area contributed by atoms with E-state index in [1.54, 1.807) is 0 Å². The molecule has 0 N–H and O–H groups in total. The molecule has 34 heavy (non-hydrogen) atoms. The van der Waals surface area contributed by atoms with Gasteiger partial charge in [0.1, 0.15) is 17.2 Å². The van der Waals surface area contributed by atoms with Crippen LogP contribution in [-0.2, 0) is 0 Å². The summed E-state index contributed by atoms with van der Waals surface area (Å²) in [6, 6.07) is 24.0. The fourth-order valence-corrected chi connectivity index (χ4v) is 5.30. The topological polar surface area (TPSA) is 27.7 Å². The average Bonchev–Trinajstić information content (AvgIpc) is 2.88. The van der Waals surface area contributed by atoms with E-state index in [1.807, 2.05) is 60.7 Å². The maximum atomic E-state index is 6.64. The fraction of sp³-hybridized carbons (Fsp3) is 0.400. The number of hydrogen-bond acceptors (Lipinski definition) is 3. The molecule has 3 atom stereocenters.